The Labute approximate surface area is 198 Å². The van der Waals surface area contributed by atoms with Crippen molar-refractivity contribution in [1.82, 2.24) is 21.0 Å². The van der Waals surface area contributed by atoms with Crippen LogP contribution in [0.25, 0.3) is 0 Å². The van der Waals surface area contributed by atoms with Crippen molar-refractivity contribution >= 4 is 24.1 Å². The Hall–Kier alpha value is -2.16. The third-order valence-electron chi connectivity index (χ3n) is 6.11. The summed E-state index contributed by atoms with van der Waals surface area (Å²) in [6.45, 7) is 2.48. The fourth-order valence-electron chi connectivity index (χ4n) is 4.14. The topological polar surface area (TPSA) is 128 Å². The van der Waals surface area contributed by atoms with Gasteiger partial charge in [0.2, 0.25) is 24.1 Å². The van der Waals surface area contributed by atoms with Crippen molar-refractivity contribution in [3.8, 4) is 0 Å². The molecule has 0 radical (unpaired) electrons. The molecule has 1 rings (SSSR count). The Bertz CT molecular complexity index is 587. The molecule has 0 unspecified atom stereocenters. The maximum absolute atomic E-state index is 13.0. The minimum Gasteiger partial charge on any atom is -0.356 e. The quantitative estimate of drug-likeness (QED) is 0.188. The van der Waals surface area contributed by atoms with Crippen LogP contribution >= 0.6 is 0 Å². The standard InChI is InChI=1S/C24H44N4O5/c1-20(30)25-16-13-11-15-22-24(32)26-17-12-9-7-5-3-2-4-6-8-10-14-21(23(31)27-22)18-28(33)19-29/h19,21-22,33H,2-18H2,1H3,(H,25,30)(H,26,32)(H,27,31)/t21-,22+/m1/s1. The second-order valence-electron chi connectivity index (χ2n) is 9.08. The van der Waals surface area contributed by atoms with Gasteiger partial charge in [0.25, 0.3) is 0 Å². The van der Waals surface area contributed by atoms with Gasteiger partial charge in [-0.25, -0.2) is 5.06 Å². The number of unbranched alkanes of at least 4 members (excludes halogenated alkanes) is 1. The predicted molar refractivity (Wildman–Crippen MR) is 126 cm³/mol. The van der Waals surface area contributed by atoms with Gasteiger partial charge in [-0.2, -0.15) is 0 Å². The number of nitrogens with zero attached hydrogens (tertiary/aromatic N) is 1. The molecule has 0 aromatic heterocycles. The zero-order chi connectivity index (χ0) is 24.3. The summed E-state index contributed by atoms with van der Waals surface area (Å²) in [6, 6.07) is -0.681. The molecule has 2 atom stereocenters. The van der Waals surface area contributed by atoms with E-state index in [1.165, 1.54) is 39.0 Å². The van der Waals surface area contributed by atoms with Gasteiger partial charge in [0.1, 0.15) is 6.04 Å². The molecule has 0 bridgehead atoms. The van der Waals surface area contributed by atoms with E-state index >= 15 is 0 Å². The Morgan fingerprint density at radius 2 is 1.61 bits per heavy atom. The van der Waals surface area contributed by atoms with Crippen molar-refractivity contribution < 1.29 is 24.4 Å². The van der Waals surface area contributed by atoms with Gasteiger partial charge >= 0.3 is 0 Å². The van der Waals surface area contributed by atoms with E-state index < -0.39 is 12.0 Å². The summed E-state index contributed by atoms with van der Waals surface area (Å²) in [5.74, 6) is -1.20. The average molecular weight is 469 g/mol. The second kappa shape index (κ2) is 18.3. The van der Waals surface area contributed by atoms with Crippen molar-refractivity contribution in [3.63, 3.8) is 0 Å². The highest BCUT2D eigenvalue weighted by Gasteiger charge is 2.26. The van der Waals surface area contributed by atoms with E-state index in [-0.39, 0.29) is 24.3 Å². The van der Waals surface area contributed by atoms with Gasteiger partial charge in [0, 0.05) is 20.0 Å². The Balaban J connectivity index is 2.77. The van der Waals surface area contributed by atoms with Gasteiger partial charge in [-0.1, -0.05) is 57.8 Å². The molecule has 1 aliphatic rings. The molecule has 1 fully saturated rings. The first-order valence-electron chi connectivity index (χ1n) is 12.7. The fraction of sp³-hybridized carbons (Fsp3) is 0.833. The summed E-state index contributed by atoms with van der Waals surface area (Å²) < 4.78 is 0. The van der Waals surface area contributed by atoms with E-state index in [0.717, 1.165) is 32.1 Å². The minimum atomic E-state index is -0.681. The number of amides is 4. The molecule has 33 heavy (non-hydrogen) atoms. The second-order valence-corrected chi connectivity index (χ2v) is 9.08. The number of carbonyl (C=O) groups excluding carboxylic acids is 4. The highest BCUT2D eigenvalue weighted by Crippen LogP contribution is 2.16. The molecule has 9 nitrogen and oxygen atoms in total. The zero-order valence-electron chi connectivity index (χ0n) is 20.3. The summed E-state index contributed by atoms with van der Waals surface area (Å²) in [7, 11) is 0. The van der Waals surface area contributed by atoms with Crippen molar-refractivity contribution in [2.45, 2.75) is 103 Å². The lowest BCUT2D eigenvalue weighted by Gasteiger charge is -2.24. The first-order chi connectivity index (χ1) is 15.9. The molecule has 190 valence electrons. The summed E-state index contributed by atoms with van der Waals surface area (Å²) >= 11 is 0. The van der Waals surface area contributed by atoms with E-state index in [4.69, 9.17) is 0 Å². The normalized spacial score (nSPS) is 22.2. The fourth-order valence-corrected chi connectivity index (χ4v) is 4.14. The number of carbonyl (C=O) groups is 4. The van der Waals surface area contributed by atoms with Crippen LogP contribution in [0.2, 0.25) is 0 Å². The van der Waals surface area contributed by atoms with Gasteiger partial charge < -0.3 is 16.0 Å². The Morgan fingerprint density at radius 1 is 1.00 bits per heavy atom. The smallest absolute Gasteiger partial charge is 0.242 e. The largest absolute Gasteiger partial charge is 0.356 e. The molecule has 0 spiro atoms. The van der Waals surface area contributed by atoms with Crippen LogP contribution in [0.1, 0.15) is 96.8 Å². The molecule has 1 saturated heterocycles. The van der Waals surface area contributed by atoms with Gasteiger partial charge in [-0.15, -0.1) is 0 Å². The number of rotatable bonds is 8. The molecule has 0 saturated carbocycles. The van der Waals surface area contributed by atoms with Crippen LogP contribution in [0.15, 0.2) is 0 Å². The Kier molecular flexibility index (Phi) is 16.0. The van der Waals surface area contributed by atoms with E-state index in [0.29, 0.717) is 50.2 Å². The van der Waals surface area contributed by atoms with Crippen LogP contribution in [0.3, 0.4) is 0 Å². The van der Waals surface area contributed by atoms with Crippen LogP contribution < -0.4 is 16.0 Å². The van der Waals surface area contributed by atoms with Crippen LogP contribution in [-0.2, 0) is 19.2 Å². The average Bonchev–Trinajstić information content (AvgIpc) is 2.78. The molecule has 1 aliphatic heterocycles. The van der Waals surface area contributed by atoms with Crippen molar-refractivity contribution in [1.29, 1.82) is 0 Å². The number of hydroxylamine groups is 2. The summed E-state index contributed by atoms with van der Waals surface area (Å²) in [5, 5.41) is 18.7. The van der Waals surface area contributed by atoms with Crippen molar-refractivity contribution in [2.75, 3.05) is 19.6 Å². The van der Waals surface area contributed by atoms with Crippen molar-refractivity contribution in [3.05, 3.63) is 0 Å². The lowest BCUT2D eigenvalue weighted by atomic mass is 9.97. The highest BCUT2D eigenvalue weighted by atomic mass is 16.5. The van der Waals surface area contributed by atoms with E-state index in [9.17, 15) is 24.4 Å². The molecule has 4 N–H and O–H groups in total. The molecule has 0 aliphatic carbocycles. The van der Waals surface area contributed by atoms with Crippen LogP contribution in [0, 0.1) is 5.92 Å². The summed E-state index contributed by atoms with van der Waals surface area (Å²) in [5.41, 5.74) is 0. The minimum absolute atomic E-state index is 0.0911. The lowest BCUT2D eigenvalue weighted by molar-refractivity contribution is -0.155. The van der Waals surface area contributed by atoms with Crippen LogP contribution in [0.4, 0.5) is 0 Å². The Morgan fingerprint density at radius 3 is 2.21 bits per heavy atom. The molecule has 9 heteroatoms. The molecular weight excluding hydrogens is 424 g/mol. The number of hydrogen-bond acceptors (Lipinski definition) is 5. The van der Waals surface area contributed by atoms with Gasteiger partial charge in [0.15, 0.2) is 0 Å². The molecule has 4 amide bonds. The third kappa shape index (κ3) is 14.6. The maximum atomic E-state index is 13.0. The highest BCUT2D eigenvalue weighted by molar-refractivity contribution is 5.88. The maximum Gasteiger partial charge on any atom is 0.242 e. The molecule has 1 heterocycles. The van der Waals surface area contributed by atoms with Crippen LogP contribution in [-0.4, -0.2) is 60.1 Å². The summed E-state index contributed by atoms with van der Waals surface area (Å²) in [4.78, 5) is 47.7. The van der Waals surface area contributed by atoms with Gasteiger partial charge in [-0.3, -0.25) is 24.4 Å². The molecule has 0 aromatic carbocycles. The molecule has 0 aromatic rings. The van der Waals surface area contributed by atoms with E-state index in [1.54, 1.807) is 0 Å². The monoisotopic (exact) mass is 468 g/mol. The predicted octanol–water partition coefficient (Wildman–Crippen LogP) is 2.66. The first kappa shape index (κ1) is 28.9. The lowest BCUT2D eigenvalue weighted by Crippen LogP contribution is -2.50. The van der Waals surface area contributed by atoms with E-state index in [1.807, 2.05) is 0 Å². The summed E-state index contributed by atoms with van der Waals surface area (Å²) in [6.07, 6.45) is 13.7. The SMILES string of the molecule is CC(=O)NCCCC[C@@H]1NC(=O)[C@@H](CN(O)C=O)CCCCCCCCCCCCNC1=O. The van der Waals surface area contributed by atoms with Gasteiger partial charge in [-0.05, 0) is 32.1 Å². The first-order valence-corrected chi connectivity index (χ1v) is 12.7. The number of nitrogens with one attached hydrogen (secondary N) is 3. The van der Waals surface area contributed by atoms with Crippen molar-refractivity contribution in [2.24, 2.45) is 5.92 Å². The third-order valence-corrected chi connectivity index (χ3v) is 6.11. The number of hydrogen-bond donors (Lipinski definition) is 4. The van der Waals surface area contributed by atoms with Crippen LogP contribution in [0.5, 0.6) is 0 Å². The van der Waals surface area contributed by atoms with Gasteiger partial charge in [0.05, 0.1) is 12.5 Å². The zero-order valence-corrected chi connectivity index (χ0v) is 20.3. The van der Waals surface area contributed by atoms with E-state index in [2.05, 4.69) is 16.0 Å². The molecular formula is C24H44N4O5.